The minimum Gasteiger partial charge on any atom is -0.351 e. The van der Waals surface area contributed by atoms with Crippen molar-refractivity contribution in [2.45, 2.75) is 32.2 Å². The van der Waals surface area contributed by atoms with Crippen molar-refractivity contribution in [3.8, 4) is 6.07 Å². The van der Waals surface area contributed by atoms with Crippen LogP contribution in [0.5, 0.6) is 0 Å². The van der Waals surface area contributed by atoms with Gasteiger partial charge in [0.1, 0.15) is 6.07 Å². The van der Waals surface area contributed by atoms with E-state index in [-0.39, 0.29) is 0 Å². The molecule has 1 aliphatic heterocycles. The molecule has 1 aromatic rings. The number of hydrogen-bond acceptors (Lipinski definition) is 4. The van der Waals surface area contributed by atoms with Crippen LogP contribution in [0.1, 0.15) is 31.7 Å². The van der Waals surface area contributed by atoms with E-state index in [0.717, 1.165) is 18.8 Å². The Morgan fingerprint density at radius 1 is 1.67 bits per heavy atom. The van der Waals surface area contributed by atoms with Gasteiger partial charge in [0.05, 0.1) is 11.8 Å². The van der Waals surface area contributed by atoms with Gasteiger partial charge >= 0.3 is 0 Å². The van der Waals surface area contributed by atoms with E-state index in [0.29, 0.717) is 11.6 Å². The Kier molecular flexibility index (Phi) is 2.82. The molecule has 0 saturated carbocycles. The average Bonchev–Trinajstić information content (AvgIpc) is 2.76. The zero-order valence-electron chi connectivity index (χ0n) is 8.85. The maximum Gasteiger partial charge on any atom is 0.169 e. The summed E-state index contributed by atoms with van der Waals surface area (Å²) >= 11 is 0. The Hall–Kier alpha value is -1.63. The Morgan fingerprint density at radius 2 is 2.53 bits per heavy atom. The molecule has 0 bridgehead atoms. The first-order valence-corrected chi connectivity index (χ1v) is 5.35. The summed E-state index contributed by atoms with van der Waals surface area (Å²) < 4.78 is 0. The van der Waals surface area contributed by atoms with Crippen molar-refractivity contribution in [3.63, 3.8) is 0 Å². The Balaban J connectivity index is 2.33. The van der Waals surface area contributed by atoms with Gasteiger partial charge in [-0.15, -0.1) is 5.10 Å². The maximum absolute atomic E-state index is 8.99. The molecule has 1 unspecified atom stereocenters. The monoisotopic (exact) mass is 202 g/mol. The zero-order chi connectivity index (χ0) is 10.7. The highest BCUT2D eigenvalue weighted by Crippen LogP contribution is 2.27. The van der Waals surface area contributed by atoms with Crippen LogP contribution in [-0.4, -0.2) is 22.8 Å². The summed E-state index contributed by atoms with van der Waals surface area (Å²) in [7, 11) is 0. The number of rotatable bonds is 2. The van der Waals surface area contributed by atoms with Gasteiger partial charge < -0.3 is 4.90 Å². The number of anilines is 1. The molecule has 1 aliphatic rings. The highest BCUT2D eigenvalue weighted by atomic mass is 15.3. The second-order valence-electron chi connectivity index (χ2n) is 3.78. The molecule has 0 spiro atoms. The van der Waals surface area contributed by atoms with Crippen LogP contribution in [0.2, 0.25) is 0 Å². The predicted octanol–water partition coefficient (Wildman–Crippen LogP) is 1.73. The van der Waals surface area contributed by atoms with Crippen molar-refractivity contribution in [1.29, 1.82) is 5.26 Å². The van der Waals surface area contributed by atoms with Gasteiger partial charge in [-0.3, -0.25) is 0 Å². The summed E-state index contributed by atoms with van der Waals surface area (Å²) in [4.78, 5) is 2.21. The molecule has 1 fully saturated rings. The first-order chi connectivity index (χ1) is 7.36. The van der Waals surface area contributed by atoms with Crippen LogP contribution < -0.4 is 4.90 Å². The van der Waals surface area contributed by atoms with Gasteiger partial charge in [-0.2, -0.15) is 10.4 Å². The van der Waals surface area contributed by atoms with Crippen molar-refractivity contribution in [2.24, 2.45) is 0 Å². The molecular formula is C11H14N4. The van der Waals surface area contributed by atoms with E-state index in [9.17, 15) is 0 Å². The fraction of sp³-hybridized carbons (Fsp3) is 0.545. The molecule has 78 valence electrons. The number of nitriles is 1. The summed E-state index contributed by atoms with van der Waals surface area (Å²) in [5, 5.41) is 16.9. The lowest BCUT2D eigenvalue weighted by atomic mass is 10.1. The molecule has 15 heavy (non-hydrogen) atoms. The maximum atomic E-state index is 8.99. The molecule has 0 radical (unpaired) electrons. The van der Waals surface area contributed by atoms with E-state index in [1.807, 2.05) is 0 Å². The van der Waals surface area contributed by atoms with Crippen molar-refractivity contribution in [3.05, 3.63) is 17.8 Å². The molecule has 0 aromatic carbocycles. The first-order valence-electron chi connectivity index (χ1n) is 5.35. The van der Waals surface area contributed by atoms with Gasteiger partial charge in [-0.1, -0.05) is 6.92 Å². The Bertz CT molecular complexity index is 382. The molecule has 0 aliphatic carbocycles. The second-order valence-corrected chi connectivity index (χ2v) is 3.78. The van der Waals surface area contributed by atoms with Gasteiger partial charge in [0.2, 0.25) is 0 Å². The van der Waals surface area contributed by atoms with Gasteiger partial charge in [0, 0.05) is 12.6 Å². The third-order valence-electron chi connectivity index (χ3n) is 2.94. The van der Waals surface area contributed by atoms with Crippen molar-refractivity contribution in [2.75, 3.05) is 11.4 Å². The standard InChI is InChI=1S/C11H14N4/c1-2-10-4-3-7-15(10)11-9(8-12)5-6-13-14-11/h5-6,10H,2-4,7H2,1H3. The fourth-order valence-corrected chi connectivity index (χ4v) is 2.16. The minimum atomic E-state index is 0.522. The van der Waals surface area contributed by atoms with E-state index in [2.05, 4.69) is 28.1 Å². The Labute approximate surface area is 89.5 Å². The average molecular weight is 202 g/mol. The summed E-state index contributed by atoms with van der Waals surface area (Å²) in [6.45, 7) is 3.16. The van der Waals surface area contributed by atoms with Crippen molar-refractivity contribution < 1.29 is 0 Å². The quantitative estimate of drug-likeness (QED) is 0.732. The van der Waals surface area contributed by atoms with Crippen LogP contribution in [0.15, 0.2) is 12.3 Å². The molecule has 0 amide bonds. The lowest BCUT2D eigenvalue weighted by molar-refractivity contribution is 0.637. The van der Waals surface area contributed by atoms with Crippen LogP contribution in [0.25, 0.3) is 0 Å². The summed E-state index contributed by atoms with van der Waals surface area (Å²) in [6.07, 6.45) is 5.04. The molecular weight excluding hydrogens is 188 g/mol. The first kappa shape index (κ1) is 9.91. The predicted molar refractivity (Wildman–Crippen MR) is 57.4 cm³/mol. The topological polar surface area (TPSA) is 52.8 Å². The van der Waals surface area contributed by atoms with Crippen LogP contribution in [0.4, 0.5) is 5.82 Å². The number of nitrogens with zero attached hydrogens (tertiary/aromatic N) is 4. The van der Waals surface area contributed by atoms with Gasteiger partial charge in [0.25, 0.3) is 0 Å². The second kappa shape index (κ2) is 4.26. The molecule has 4 nitrogen and oxygen atoms in total. The molecule has 4 heteroatoms. The summed E-state index contributed by atoms with van der Waals surface area (Å²) in [5.74, 6) is 0.754. The number of hydrogen-bond donors (Lipinski definition) is 0. The molecule has 0 N–H and O–H groups in total. The highest BCUT2D eigenvalue weighted by molar-refractivity contribution is 5.53. The molecule has 2 heterocycles. The molecule has 1 atom stereocenters. The number of aromatic nitrogens is 2. The summed E-state index contributed by atoms with van der Waals surface area (Å²) in [6, 6.07) is 4.42. The van der Waals surface area contributed by atoms with E-state index in [4.69, 9.17) is 5.26 Å². The van der Waals surface area contributed by atoms with Crippen LogP contribution >= 0.6 is 0 Å². The summed E-state index contributed by atoms with van der Waals surface area (Å²) in [5.41, 5.74) is 0.630. The normalized spacial score (nSPS) is 20.3. The molecule has 1 saturated heterocycles. The van der Waals surface area contributed by atoms with Gasteiger partial charge in [-0.25, -0.2) is 0 Å². The molecule has 1 aromatic heterocycles. The molecule has 2 rings (SSSR count). The largest absolute Gasteiger partial charge is 0.351 e. The lowest BCUT2D eigenvalue weighted by Crippen LogP contribution is -2.30. The van der Waals surface area contributed by atoms with E-state index >= 15 is 0 Å². The van der Waals surface area contributed by atoms with Crippen molar-refractivity contribution >= 4 is 5.82 Å². The van der Waals surface area contributed by atoms with Crippen molar-refractivity contribution in [1.82, 2.24) is 10.2 Å². The van der Waals surface area contributed by atoms with Crippen LogP contribution in [-0.2, 0) is 0 Å². The van der Waals surface area contributed by atoms with Gasteiger partial charge in [0.15, 0.2) is 5.82 Å². The minimum absolute atomic E-state index is 0.522. The van der Waals surface area contributed by atoms with E-state index < -0.39 is 0 Å². The lowest BCUT2D eigenvalue weighted by Gasteiger charge is -2.24. The van der Waals surface area contributed by atoms with E-state index in [1.165, 1.54) is 12.8 Å². The van der Waals surface area contributed by atoms with Gasteiger partial charge in [-0.05, 0) is 25.3 Å². The third kappa shape index (κ3) is 1.78. The van der Waals surface area contributed by atoms with Crippen LogP contribution in [0.3, 0.4) is 0 Å². The fourth-order valence-electron chi connectivity index (χ4n) is 2.16. The smallest absolute Gasteiger partial charge is 0.169 e. The van der Waals surface area contributed by atoms with Crippen LogP contribution in [0, 0.1) is 11.3 Å². The van der Waals surface area contributed by atoms with E-state index in [1.54, 1.807) is 12.3 Å². The SMILES string of the molecule is CCC1CCCN1c1nnccc1C#N. The zero-order valence-corrected chi connectivity index (χ0v) is 8.85. The highest BCUT2D eigenvalue weighted by Gasteiger charge is 2.26. The third-order valence-corrected chi connectivity index (χ3v) is 2.94. The Morgan fingerprint density at radius 3 is 3.27 bits per heavy atom.